The van der Waals surface area contributed by atoms with Gasteiger partial charge in [-0.2, -0.15) is 0 Å². The van der Waals surface area contributed by atoms with Crippen molar-refractivity contribution in [1.29, 1.82) is 0 Å². The summed E-state index contributed by atoms with van der Waals surface area (Å²) in [5, 5.41) is 4.33. The molecule has 1 N–H and O–H groups in total. The summed E-state index contributed by atoms with van der Waals surface area (Å²) in [6, 6.07) is 23.4. The van der Waals surface area contributed by atoms with Crippen LogP contribution in [0.4, 0.5) is 4.39 Å². The SMILES string of the molecule is Fc1ccccc1COc1ccc(Cl)cc1CNC1CCN(Cc2ccccc2)CC1. The van der Waals surface area contributed by atoms with Gasteiger partial charge in [-0.05, 0) is 55.8 Å². The normalized spacial score (nSPS) is 15.2. The first-order valence-corrected chi connectivity index (χ1v) is 11.2. The van der Waals surface area contributed by atoms with Crippen LogP contribution in [0.25, 0.3) is 0 Å². The van der Waals surface area contributed by atoms with Crippen LogP contribution in [-0.2, 0) is 19.7 Å². The fourth-order valence-corrected chi connectivity index (χ4v) is 4.18. The van der Waals surface area contributed by atoms with Crippen molar-refractivity contribution >= 4 is 11.6 Å². The van der Waals surface area contributed by atoms with E-state index in [1.54, 1.807) is 12.1 Å². The molecule has 0 amide bonds. The van der Waals surface area contributed by atoms with Gasteiger partial charge in [0.05, 0.1) is 0 Å². The average Bonchev–Trinajstić information content (AvgIpc) is 2.80. The molecule has 1 heterocycles. The molecule has 1 saturated heterocycles. The minimum absolute atomic E-state index is 0.194. The zero-order valence-corrected chi connectivity index (χ0v) is 18.3. The highest BCUT2D eigenvalue weighted by Crippen LogP contribution is 2.25. The number of nitrogens with one attached hydrogen (secondary N) is 1. The molecule has 0 saturated carbocycles. The molecule has 1 aliphatic rings. The molecule has 3 nitrogen and oxygen atoms in total. The number of hydrogen-bond acceptors (Lipinski definition) is 3. The van der Waals surface area contributed by atoms with Gasteiger partial charge in [0, 0.05) is 35.3 Å². The molecular weight excluding hydrogens is 411 g/mol. The van der Waals surface area contributed by atoms with E-state index in [0.29, 0.717) is 23.2 Å². The molecule has 31 heavy (non-hydrogen) atoms. The predicted octanol–water partition coefficient (Wildman–Crippen LogP) is 5.81. The maximum Gasteiger partial charge on any atom is 0.129 e. The minimum atomic E-state index is -0.251. The molecule has 1 aliphatic heterocycles. The van der Waals surface area contributed by atoms with Crippen molar-refractivity contribution in [3.8, 4) is 5.75 Å². The summed E-state index contributed by atoms with van der Waals surface area (Å²) in [6.45, 7) is 4.04. The van der Waals surface area contributed by atoms with Crippen LogP contribution in [-0.4, -0.2) is 24.0 Å². The third kappa shape index (κ3) is 6.30. The zero-order chi connectivity index (χ0) is 21.5. The van der Waals surface area contributed by atoms with Crippen LogP contribution in [0, 0.1) is 5.82 Å². The summed E-state index contributed by atoms with van der Waals surface area (Å²) in [7, 11) is 0. The van der Waals surface area contributed by atoms with Gasteiger partial charge < -0.3 is 10.1 Å². The lowest BCUT2D eigenvalue weighted by atomic mass is 10.0. The molecule has 0 aromatic heterocycles. The number of benzene rings is 3. The van der Waals surface area contributed by atoms with Crippen LogP contribution in [0.2, 0.25) is 5.02 Å². The van der Waals surface area contributed by atoms with Crippen LogP contribution in [0.15, 0.2) is 72.8 Å². The van der Waals surface area contributed by atoms with Crippen LogP contribution in [0.1, 0.15) is 29.5 Å². The lowest BCUT2D eigenvalue weighted by Crippen LogP contribution is -2.41. The number of piperidine rings is 1. The molecule has 4 rings (SSSR count). The average molecular weight is 439 g/mol. The fraction of sp³-hybridized carbons (Fsp3) is 0.308. The summed E-state index contributed by atoms with van der Waals surface area (Å²) >= 11 is 6.23. The second-order valence-corrected chi connectivity index (χ2v) is 8.49. The maximum absolute atomic E-state index is 13.9. The number of rotatable bonds is 8. The summed E-state index contributed by atoms with van der Waals surface area (Å²) in [5.74, 6) is 0.486. The third-order valence-electron chi connectivity index (χ3n) is 5.78. The summed E-state index contributed by atoms with van der Waals surface area (Å²) in [4.78, 5) is 2.51. The van der Waals surface area contributed by atoms with Crippen molar-refractivity contribution in [3.05, 3.63) is 100 Å². The lowest BCUT2D eigenvalue weighted by Gasteiger charge is -2.32. The van der Waals surface area contributed by atoms with Crippen molar-refractivity contribution in [2.24, 2.45) is 0 Å². The van der Waals surface area contributed by atoms with E-state index in [0.717, 1.165) is 43.8 Å². The second-order valence-electron chi connectivity index (χ2n) is 8.05. The monoisotopic (exact) mass is 438 g/mol. The number of ether oxygens (including phenoxy) is 1. The maximum atomic E-state index is 13.9. The molecule has 0 aliphatic carbocycles. The molecule has 0 radical (unpaired) electrons. The molecule has 0 unspecified atom stereocenters. The molecule has 3 aromatic rings. The van der Waals surface area contributed by atoms with Crippen molar-refractivity contribution in [2.45, 2.75) is 38.6 Å². The number of halogens is 2. The number of nitrogens with zero attached hydrogens (tertiary/aromatic N) is 1. The Hall–Kier alpha value is -2.40. The summed E-state index contributed by atoms with van der Waals surface area (Å²) < 4.78 is 19.8. The first-order valence-electron chi connectivity index (χ1n) is 10.8. The van der Waals surface area contributed by atoms with Gasteiger partial charge in [-0.1, -0.05) is 60.1 Å². The van der Waals surface area contributed by atoms with Gasteiger partial charge in [-0.25, -0.2) is 4.39 Å². The van der Waals surface area contributed by atoms with Gasteiger partial charge in [0.25, 0.3) is 0 Å². The predicted molar refractivity (Wildman–Crippen MR) is 124 cm³/mol. The molecule has 0 atom stereocenters. The third-order valence-corrected chi connectivity index (χ3v) is 6.02. The van der Waals surface area contributed by atoms with Crippen molar-refractivity contribution < 1.29 is 9.13 Å². The summed E-state index contributed by atoms with van der Waals surface area (Å²) in [5.41, 5.74) is 2.90. The minimum Gasteiger partial charge on any atom is -0.488 e. The van der Waals surface area contributed by atoms with Crippen LogP contribution in [0.3, 0.4) is 0 Å². The molecular formula is C26H28ClFN2O. The Morgan fingerprint density at radius 3 is 2.45 bits per heavy atom. The fourth-order valence-electron chi connectivity index (χ4n) is 3.99. The number of likely N-dealkylation sites (tertiary alicyclic amines) is 1. The Bertz CT molecular complexity index is 974. The van der Waals surface area contributed by atoms with E-state index >= 15 is 0 Å². The van der Waals surface area contributed by atoms with E-state index in [1.165, 1.54) is 11.6 Å². The van der Waals surface area contributed by atoms with E-state index in [2.05, 4.69) is 40.5 Å². The standard InChI is InChI=1S/C26H28ClFN2O/c27-23-10-11-26(31-19-21-8-4-5-9-25(21)28)22(16-23)17-29-24-12-14-30(15-13-24)18-20-6-2-1-3-7-20/h1-11,16,24,29H,12-15,17-19H2. The van der Waals surface area contributed by atoms with E-state index in [-0.39, 0.29) is 12.4 Å². The van der Waals surface area contributed by atoms with Crippen LogP contribution in [0.5, 0.6) is 5.75 Å². The first kappa shape index (κ1) is 21.8. The van der Waals surface area contributed by atoms with Crippen LogP contribution < -0.4 is 10.1 Å². The van der Waals surface area contributed by atoms with Gasteiger partial charge >= 0.3 is 0 Å². The molecule has 3 aromatic carbocycles. The Labute approximate surface area is 188 Å². The Balaban J connectivity index is 1.29. The Morgan fingerprint density at radius 2 is 1.68 bits per heavy atom. The highest BCUT2D eigenvalue weighted by atomic mass is 35.5. The van der Waals surface area contributed by atoms with Gasteiger partial charge in [0.1, 0.15) is 18.2 Å². The quantitative estimate of drug-likeness (QED) is 0.480. The smallest absolute Gasteiger partial charge is 0.129 e. The van der Waals surface area contributed by atoms with E-state index in [1.807, 2.05) is 24.3 Å². The van der Waals surface area contributed by atoms with Crippen LogP contribution >= 0.6 is 11.6 Å². The van der Waals surface area contributed by atoms with E-state index in [4.69, 9.17) is 16.3 Å². The van der Waals surface area contributed by atoms with Gasteiger partial charge in [-0.15, -0.1) is 0 Å². The molecule has 1 fully saturated rings. The van der Waals surface area contributed by atoms with Gasteiger partial charge in [-0.3, -0.25) is 4.90 Å². The summed E-state index contributed by atoms with van der Waals surface area (Å²) in [6.07, 6.45) is 2.22. The number of hydrogen-bond donors (Lipinski definition) is 1. The van der Waals surface area contributed by atoms with Gasteiger partial charge in [0.15, 0.2) is 0 Å². The lowest BCUT2D eigenvalue weighted by molar-refractivity contribution is 0.189. The Morgan fingerprint density at radius 1 is 0.935 bits per heavy atom. The highest BCUT2D eigenvalue weighted by Gasteiger charge is 2.19. The molecule has 162 valence electrons. The Kier molecular flexibility index (Phi) is 7.57. The molecule has 0 spiro atoms. The highest BCUT2D eigenvalue weighted by molar-refractivity contribution is 6.30. The van der Waals surface area contributed by atoms with Crippen molar-refractivity contribution in [3.63, 3.8) is 0 Å². The topological polar surface area (TPSA) is 24.5 Å². The van der Waals surface area contributed by atoms with E-state index < -0.39 is 0 Å². The van der Waals surface area contributed by atoms with Crippen molar-refractivity contribution in [2.75, 3.05) is 13.1 Å². The zero-order valence-electron chi connectivity index (χ0n) is 17.6. The van der Waals surface area contributed by atoms with Gasteiger partial charge in [0.2, 0.25) is 0 Å². The second kappa shape index (κ2) is 10.8. The first-order chi connectivity index (χ1) is 15.2. The molecule has 0 bridgehead atoms. The van der Waals surface area contributed by atoms with E-state index in [9.17, 15) is 4.39 Å². The largest absolute Gasteiger partial charge is 0.488 e. The molecule has 5 heteroatoms. The van der Waals surface area contributed by atoms with Crippen molar-refractivity contribution in [1.82, 2.24) is 10.2 Å².